The van der Waals surface area contributed by atoms with Crippen LogP contribution in [0.1, 0.15) is 58.8 Å². The van der Waals surface area contributed by atoms with Crippen LogP contribution < -0.4 is 0 Å². The fraction of sp³-hybridized carbons (Fsp3) is 1.00. The second kappa shape index (κ2) is 5.86. The van der Waals surface area contributed by atoms with Crippen LogP contribution in [-0.2, 0) is 0 Å². The second-order valence-electron chi connectivity index (χ2n) is 5.41. The van der Waals surface area contributed by atoms with E-state index in [9.17, 15) is 5.11 Å². The second-order valence-corrected chi connectivity index (χ2v) is 5.41. The quantitative estimate of drug-likeness (QED) is 0.726. The van der Waals surface area contributed by atoms with Crippen molar-refractivity contribution in [2.45, 2.75) is 70.4 Å². The van der Waals surface area contributed by atoms with Gasteiger partial charge in [-0.25, -0.2) is 0 Å². The Hall–Kier alpha value is -0.0800. The Balaban J connectivity index is 2.40. The highest BCUT2D eigenvalue weighted by Crippen LogP contribution is 2.22. The van der Waals surface area contributed by atoms with Crippen molar-refractivity contribution in [3.8, 4) is 0 Å². The lowest BCUT2D eigenvalue weighted by Crippen LogP contribution is -2.43. The lowest BCUT2D eigenvalue weighted by molar-refractivity contribution is 0.0102. The first-order valence-corrected chi connectivity index (χ1v) is 6.48. The molecule has 1 unspecified atom stereocenters. The Morgan fingerprint density at radius 3 is 2.20 bits per heavy atom. The molecule has 1 fully saturated rings. The highest BCUT2D eigenvalue weighted by molar-refractivity contribution is 4.79. The number of nitrogens with zero attached hydrogens (tertiary/aromatic N) is 1. The number of hydrogen-bond acceptors (Lipinski definition) is 2. The van der Waals surface area contributed by atoms with Crippen molar-refractivity contribution in [1.82, 2.24) is 4.90 Å². The monoisotopic (exact) mass is 213 g/mol. The van der Waals surface area contributed by atoms with Crippen molar-refractivity contribution >= 4 is 0 Å². The Labute approximate surface area is 94.7 Å². The molecule has 0 saturated heterocycles. The zero-order chi connectivity index (χ0) is 11.3. The summed E-state index contributed by atoms with van der Waals surface area (Å²) < 4.78 is 0. The van der Waals surface area contributed by atoms with E-state index >= 15 is 0 Å². The van der Waals surface area contributed by atoms with Gasteiger partial charge in [-0.2, -0.15) is 0 Å². The summed E-state index contributed by atoms with van der Waals surface area (Å²) >= 11 is 0. The summed E-state index contributed by atoms with van der Waals surface area (Å²) in [5, 5.41) is 10.1. The Morgan fingerprint density at radius 2 is 1.73 bits per heavy atom. The molecule has 0 heterocycles. The largest absolute Gasteiger partial charge is 0.389 e. The van der Waals surface area contributed by atoms with Crippen molar-refractivity contribution in [1.29, 1.82) is 0 Å². The van der Waals surface area contributed by atoms with Gasteiger partial charge in [-0.15, -0.1) is 0 Å². The third-order valence-electron chi connectivity index (χ3n) is 3.80. The van der Waals surface area contributed by atoms with Gasteiger partial charge in [-0.05, 0) is 33.2 Å². The Morgan fingerprint density at radius 1 is 1.20 bits per heavy atom. The minimum atomic E-state index is -0.513. The van der Waals surface area contributed by atoms with Gasteiger partial charge in [0, 0.05) is 12.6 Å². The van der Waals surface area contributed by atoms with Gasteiger partial charge in [0.05, 0.1) is 5.60 Å². The lowest BCUT2D eigenvalue weighted by atomic mass is 10.0. The van der Waals surface area contributed by atoms with Gasteiger partial charge in [0.2, 0.25) is 0 Å². The standard InChI is InChI=1S/C13H27NO/c1-4-13(2,15)11-14(3)12-9-7-5-6-8-10-12/h12,15H,4-11H2,1-3H3. The van der Waals surface area contributed by atoms with Crippen LogP contribution in [0.3, 0.4) is 0 Å². The van der Waals surface area contributed by atoms with Crippen molar-refractivity contribution in [3.63, 3.8) is 0 Å². The fourth-order valence-corrected chi connectivity index (χ4v) is 2.48. The lowest BCUT2D eigenvalue weighted by Gasteiger charge is -2.33. The van der Waals surface area contributed by atoms with Gasteiger partial charge < -0.3 is 10.0 Å². The van der Waals surface area contributed by atoms with Crippen molar-refractivity contribution in [3.05, 3.63) is 0 Å². The zero-order valence-electron chi connectivity index (χ0n) is 10.6. The van der Waals surface area contributed by atoms with Crippen LogP contribution in [0.5, 0.6) is 0 Å². The molecule has 1 rings (SSSR count). The van der Waals surface area contributed by atoms with Crippen LogP contribution in [0.2, 0.25) is 0 Å². The summed E-state index contributed by atoms with van der Waals surface area (Å²) in [6.07, 6.45) is 8.99. The minimum Gasteiger partial charge on any atom is -0.389 e. The van der Waals surface area contributed by atoms with E-state index in [-0.39, 0.29) is 0 Å². The zero-order valence-corrected chi connectivity index (χ0v) is 10.6. The molecule has 0 aromatic carbocycles. The molecule has 0 aromatic rings. The summed E-state index contributed by atoms with van der Waals surface area (Å²) in [6, 6.07) is 0.700. The average Bonchev–Trinajstić information content (AvgIpc) is 2.45. The molecular formula is C13H27NO. The van der Waals surface area contributed by atoms with E-state index in [1.54, 1.807) is 0 Å². The smallest absolute Gasteiger partial charge is 0.0743 e. The van der Waals surface area contributed by atoms with Crippen molar-refractivity contribution in [2.75, 3.05) is 13.6 Å². The molecule has 1 saturated carbocycles. The van der Waals surface area contributed by atoms with Gasteiger partial charge in [-0.3, -0.25) is 0 Å². The molecule has 0 aliphatic heterocycles. The molecule has 2 heteroatoms. The molecule has 1 atom stereocenters. The molecule has 0 aromatic heterocycles. The first-order valence-electron chi connectivity index (χ1n) is 6.48. The molecule has 15 heavy (non-hydrogen) atoms. The van der Waals surface area contributed by atoms with E-state index in [4.69, 9.17) is 0 Å². The minimum absolute atomic E-state index is 0.513. The Bertz CT molecular complexity index is 171. The van der Waals surface area contributed by atoms with E-state index in [0.29, 0.717) is 6.04 Å². The van der Waals surface area contributed by atoms with Crippen LogP contribution in [0.4, 0.5) is 0 Å². The molecule has 1 aliphatic carbocycles. The van der Waals surface area contributed by atoms with E-state index in [1.807, 2.05) is 6.92 Å². The van der Waals surface area contributed by atoms with Crippen LogP contribution in [0.25, 0.3) is 0 Å². The number of hydrogen-bond donors (Lipinski definition) is 1. The van der Waals surface area contributed by atoms with Crippen molar-refractivity contribution < 1.29 is 5.11 Å². The number of rotatable bonds is 4. The van der Waals surface area contributed by atoms with E-state index < -0.39 is 5.60 Å². The molecular weight excluding hydrogens is 186 g/mol. The summed E-state index contributed by atoms with van der Waals surface area (Å²) in [7, 11) is 2.17. The maximum atomic E-state index is 10.1. The molecule has 2 nitrogen and oxygen atoms in total. The first-order chi connectivity index (χ1) is 7.05. The molecule has 1 N–H and O–H groups in total. The summed E-state index contributed by atoms with van der Waals surface area (Å²) in [4.78, 5) is 2.37. The summed E-state index contributed by atoms with van der Waals surface area (Å²) in [5.41, 5.74) is -0.513. The third kappa shape index (κ3) is 4.52. The normalized spacial score (nSPS) is 23.8. The third-order valence-corrected chi connectivity index (χ3v) is 3.80. The van der Waals surface area contributed by atoms with Gasteiger partial charge in [0.25, 0.3) is 0 Å². The number of aliphatic hydroxyl groups is 1. The molecule has 0 radical (unpaired) electrons. The van der Waals surface area contributed by atoms with Crippen LogP contribution in [-0.4, -0.2) is 35.2 Å². The van der Waals surface area contributed by atoms with Crippen LogP contribution >= 0.6 is 0 Å². The molecule has 90 valence electrons. The van der Waals surface area contributed by atoms with E-state index in [1.165, 1.54) is 38.5 Å². The van der Waals surface area contributed by atoms with E-state index in [0.717, 1.165) is 13.0 Å². The van der Waals surface area contributed by atoms with Gasteiger partial charge >= 0.3 is 0 Å². The fourth-order valence-electron chi connectivity index (χ4n) is 2.48. The van der Waals surface area contributed by atoms with Crippen LogP contribution in [0.15, 0.2) is 0 Å². The molecule has 0 spiro atoms. The SMILES string of the molecule is CCC(C)(O)CN(C)C1CCCCCC1. The molecule has 0 amide bonds. The van der Waals surface area contributed by atoms with Gasteiger partial charge in [-0.1, -0.05) is 32.6 Å². The molecule has 1 aliphatic rings. The summed E-state index contributed by atoms with van der Waals surface area (Å²) in [6.45, 7) is 4.81. The van der Waals surface area contributed by atoms with Gasteiger partial charge in [0.1, 0.15) is 0 Å². The van der Waals surface area contributed by atoms with E-state index in [2.05, 4.69) is 18.9 Å². The highest BCUT2D eigenvalue weighted by atomic mass is 16.3. The van der Waals surface area contributed by atoms with Crippen molar-refractivity contribution in [2.24, 2.45) is 0 Å². The predicted molar refractivity (Wildman–Crippen MR) is 65.0 cm³/mol. The maximum Gasteiger partial charge on any atom is 0.0743 e. The first kappa shape index (κ1) is 13.0. The maximum absolute atomic E-state index is 10.1. The van der Waals surface area contributed by atoms with Gasteiger partial charge in [0.15, 0.2) is 0 Å². The number of likely N-dealkylation sites (N-methyl/N-ethyl adjacent to an activating group) is 1. The topological polar surface area (TPSA) is 23.5 Å². The molecule has 0 bridgehead atoms. The van der Waals surface area contributed by atoms with Crippen LogP contribution in [0, 0.1) is 0 Å². The highest BCUT2D eigenvalue weighted by Gasteiger charge is 2.24. The average molecular weight is 213 g/mol. The Kier molecular flexibility index (Phi) is 5.07. The summed E-state index contributed by atoms with van der Waals surface area (Å²) in [5.74, 6) is 0. The predicted octanol–water partition coefficient (Wildman–Crippen LogP) is 2.80.